The summed E-state index contributed by atoms with van der Waals surface area (Å²) < 4.78 is 15.1. The summed E-state index contributed by atoms with van der Waals surface area (Å²) in [6.45, 7) is 0. The van der Waals surface area contributed by atoms with E-state index in [9.17, 15) is 14.0 Å². The fourth-order valence-electron chi connectivity index (χ4n) is 3.51. The third-order valence-corrected chi connectivity index (χ3v) is 5.39. The number of amides is 2. The Morgan fingerprint density at radius 3 is 2.39 bits per heavy atom. The lowest BCUT2D eigenvalue weighted by molar-refractivity contribution is 0.0949. The molecule has 1 aromatic heterocycles. The normalized spacial score (nSPS) is 12.9. The molecule has 2 amide bonds. The second-order valence-electron chi connectivity index (χ2n) is 7.96. The van der Waals surface area contributed by atoms with Gasteiger partial charge in [0.2, 0.25) is 0 Å². The third-order valence-electron chi connectivity index (χ3n) is 5.39. The van der Waals surface area contributed by atoms with Crippen LogP contribution in [0.2, 0.25) is 0 Å². The number of aromatic nitrogens is 2. The number of halogens is 1. The van der Waals surface area contributed by atoms with Gasteiger partial charge in [0, 0.05) is 29.1 Å². The number of hydrogen-bond donors (Lipinski definition) is 2. The van der Waals surface area contributed by atoms with Crippen molar-refractivity contribution in [2.24, 2.45) is 0 Å². The molecule has 0 spiro atoms. The quantitative estimate of drug-likeness (QED) is 0.451. The average Bonchev–Trinajstić information content (AvgIpc) is 3.54. The molecule has 4 aromatic rings. The van der Waals surface area contributed by atoms with Crippen LogP contribution in [0.5, 0.6) is 0 Å². The molecule has 2 N–H and O–H groups in total. The van der Waals surface area contributed by atoms with Crippen molar-refractivity contribution in [3.63, 3.8) is 0 Å². The fraction of sp³-hybridized carbons (Fsp3) is 0.115. The highest BCUT2D eigenvalue weighted by atomic mass is 19.1. The highest BCUT2D eigenvalue weighted by Crippen LogP contribution is 2.26. The van der Waals surface area contributed by atoms with E-state index in [0.717, 1.165) is 18.5 Å². The number of rotatable bonds is 6. The highest BCUT2D eigenvalue weighted by Gasteiger charge is 2.24. The molecule has 1 aliphatic rings. The van der Waals surface area contributed by atoms with Crippen LogP contribution >= 0.6 is 0 Å². The minimum absolute atomic E-state index is 0.155. The van der Waals surface area contributed by atoms with Crippen molar-refractivity contribution in [3.05, 3.63) is 102 Å². The number of hydrogen-bond acceptors (Lipinski definition) is 3. The Morgan fingerprint density at radius 1 is 0.909 bits per heavy atom. The number of nitrogens with one attached hydrogen (secondary N) is 2. The van der Waals surface area contributed by atoms with Gasteiger partial charge in [0.1, 0.15) is 11.5 Å². The Bertz CT molecular complexity index is 1310. The molecule has 33 heavy (non-hydrogen) atoms. The van der Waals surface area contributed by atoms with Crippen molar-refractivity contribution in [1.82, 2.24) is 15.1 Å². The Kier molecular flexibility index (Phi) is 5.44. The van der Waals surface area contributed by atoms with E-state index >= 15 is 0 Å². The van der Waals surface area contributed by atoms with Gasteiger partial charge < -0.3 is 10.6 Å². The molecule has 0 unspecified atom stereocenters. The van der Waals surface area contributed by atoms with Crippen molar-refractivity contribution < 1.29 is 14.0 Å². The lowest BCUT2D eigenvalue weighted by atomic mass is 10.1. The Hall–Kier alpha value is -4.26. The molecule has 1 fully saturated rings. The van der Waals surface area contributed by atoms with E-state index in [1.165, 1.54) is 12.1 Å². The number of benzene rings is 3. The first kappa shape index (κ1) is 20.6. The van der Waals surface area contributed by atoms with Crippen LogP contribution < -0.4 is 10.6 Å². The summed E-state index contributed by atoms with van der Waals surface area (Å²) in [5.74, 6) is -0.901. The van der Waals surface area contributed by atoms with E-state index in [1.807, 2.05) is 30.3 Å². The molecule has 0 atom stereocenters. The van der Waals surface area contributed by atoms with Gasteiger partial charge in [-0.3, -0.25) is 9.59 Å². The van der Waals surface area contributed by atoms with Gasteiger partial charge in [0.15, 0.2) is 0 Å². The second kappa shape index (κ2) is 8.70. The topological polar surface area (TPSA) is 76.0 Å². The van der Waals surface area contributed by atoms with E-state index in [-0.39, 0.29) is 23.7 Å². The minimum Gasteiger partial charge on any atom is -0.349 e. The van der Waals surface area contributed by atoms with E-state index in [0.29, 0.717) is 28.1 Å². The molecule has 6 nitrogen and oxygen atoms in total. The van der Waals surface area contributed by atoms with Crippen LogP contribution in [0.15, 0.2) is 85.1 Å². The van der Waals surface area contributed by atoms with Crippen LogP contribution in [-0.2, 0) is 0 Å². The van der Waals surface area contributed by atoms with Gasteiger partial charge in [-0.25, -0.2) is 9.07 Å². The molecule has 0 saturated heterocycles. The molecule has 3 aromatic carbocycles. The number of nitrogens with zero attached hydrogens (tertiary/aromatic N) is 2. The van der Waals surface area contributed by atoms with Crippen molar-refractivity contribution in [2.75, 3.05) is 5.32 Å². The molecule has 1 saturated carbocycles. The van der Waals surface area contributed by atoms with E-state index in [1.54, 1.807) is 47.3 Å². The Morgan fingerprint density at radius 2 is 1.67 bits per heavy atom. The molecule has 0 radical (unpaired) electrons. The number of anilines is 1. The lowest BCUT2D eigenvalue weighted by Gasteiger charge is -2.08. The molecular weight excluding hydrogens is 419 g/mol. The first-order chi connectivity index (χ1) is 16.1. The molecule has 7 heteroatoms. The van der Waals surface area contributed by atoms with Crippen LogP contribution in [0.3, 0.4) is 0 Å². The van der Waals surface area contributed by atoms with Crippen LogP contribution in [-0.4, -0.2) is 27.6 Å². The van der Waals surface area contributed by atoms with Gasteiger partial charge in [-0.05, 0) is 67.4 Å². The van der Waals surface area contributed by atoms with Crippen molar-refractivity contribution in [1.29, 1.82) is 0 Å². The zero-order valence-electron chi connectivity index (χ0n) is 17.7. The maximum atomic E-state index is 13.5. The average molecular weight is 440 g/mol. The zero-order valence-corrected chi connectivity index (χ0v) is 17.7. The molecule has 1 aliphatic carbocycles. The number of carbonyl (C=O) groups excluding carboxylic acids is 2. The zero-order chi connectivity index (χ0) is 22.8. The van der Waals surface area contributed by atoms with E-state index < -0.39 is 0 Å². The maximum Gasteiger partial charge on any atom is 0.259 e. The van der Waals surface area contributed by atoms with E-state index in [4.69, 9.17) is 0 Å². The SMILES string of the molecule is O=C(NC1CC1)c1cccc(NC(=O)c2cn(-c3ccccc3)nc2-c2ccc(F)cc2)c1. The van der Waals surface area contributed by atoms with Crippen molar-refractivity contribution in [2.45, 2.75) is 18.9 Å². The van der Waals surface area contributed by atoms with Gasteiger partial charge in [-0.2, -0.15) is 5.10 Å². The maximum absolute atomic E-state index is 13.5. The van der Waals surface area contributed by atoms with Gasteiger partial charge >= 0.3 is 0 Å². The van der Waals surface area contributed by atoms with Crippen LogP contribution in [0.25, 0.3) is 16.9 Å². The van der Waals surface area contributed by atoms with Gasteiger partial charge in [0.05, 0.1) is 11.3 Å². The molecule has 0 aliphatic heterocycles. The molecule has 5 rings (SSSR count). The molecule has 1 heterocycles. The summed E-state index contributed by atoms with van der Waals surface area (Å²) in [5.41, 5.74) is 3.16. The summed E-state index contributed by atoms with van der Waals surface area (Å²) in [5, 5.41) is 10.4. The Balaban J connectivity index is 1.46. The van der Waals surface area contributed by atoms with Crippen molar-refractivity contribution in [3.8, 4) is 16.9 Å². The largest absolute Gasteiger partial charge is 0.349 e. The fourth-order valence-corrected chi connectivity index (χ4v) is 3.51. The lowest BCUT2D eigenvalue weighted by Crippen LogP contribution is -2.25. The summed E-state index contributed by atoms with van der Waals surface area (Å²) in [6.07, 6.45) is 3.65. The smallest absolute Gasteiger partial charge is 0.259 e. The van der Waals surface area contributed by atoms with Crippen LogP contribution in [0.1, 0.15) is 33.6 Å². The summed E-state index contributed by atoms with van der Waals surface area (Å²) in [4.78, 5) is 25.6. The highest BCUT2D eigenvalue weighted by molar-refractivity contribution is 6.08. The predicted molar refractivity (Wildman–Crippen MR) is 124 cm³/mol. The summed E-state index contributed by atoms with van der Waals surface area (Å²) in [6, 6.07) is 22.3. The van der Waals surface area contributed by atoms with E-state index in [2.05, 4.69) is 15.7 Å². The summed E-state index contributed by atoms with van der Waals surface area (Å²) >= 11 is 0. The van der Waals surface area contributed by atoms with Gasteiger partial charge in [-0.15, -0.1) is 0 Å². The van der Waals surface area contributed by atoms with Crippen molar-refractivity contribution >= 4 is 17.5 Å². The standard InChI is InChI=1S/C26H21FN4O2/c27-19-11-9-17(10-12-19)24-23(16-31(30-24)22-7-2-1-3-8-22)26(33)29-21-6-4-5-18(15-21)25(32)28-20-13-14-20/h1-12,15-16,20H,13-14H2,(H,28,32)(H,29,33). The first-order valence-corrected chi connectivity index (χ1v) is 10.7. The number of carbonyl (C=O) groups is 2. The third kappa shape index (κ3) is 4.67. The van der Waals surface area contributed by atoms with Gasteiger partial charge in [-0.1, -0.05) is 24.3 Å². The van der Waals surface area contributed by atoms with Gasteiger partial charge in [0.25, 0.3) is 11.8 Å². The van der Waals surface area contributed by atoms with Crippen LogP contribution in [0, 0.1) is 5.82 Å². The Labute approximate surface area is 190 Å². The molecule has 164 valence electrons. The second-order valence-corrected chi connectivity index (χ2v) is 7.96. The number of para-hydroxylation sites is 1. The first-order valence-electron chi connectivity index (χ1n) is 10.7. The monoisotopic (exact) mass is 440 g/mol. The minimum atomic E-state index is -0.378. The predicted octanol–water partition coefficient (Wildman–Crippen LogP) is 4.82. The van der Waals surface area contributed by atoms with Crippen LogP contribution in [0.4, 0.5) is 10.1 Å². The molecule has 0 bridgehead atoms. The summed E-state index contributed by atoms with van der Waals surface area (Å²) in [7, 11) is 0. The molecular formula is C26H21FN4O2.